The van der Waals surface area contributed by atoms with Gasteiger partial charge in [0.25, 0.3) is 0 Å². The van der Waals surface area contributed by atoms with Crippen molar-refractivity contribution in [2.75, 3.05) is 14.2 Å². The molecule has 3 aromatic carbocycles. The molecule has 1 fully saturated rings. The molecular weight excluding hydrogens is 392 g/mol. The van der Waals surface area contributed by atoms with Crippen LogP contribution >= 0.6 is 0 Å². The van der Waals surface area contributed by atoms with Crippen LogP contribution in [0.1, 0.15) is 61.1 Å². The fraction of sp³-hybridized carbons (Fsp3) is 0.333. The molecule has 0 aromatic heterocycles. The van der Waals surface area contributed by atoms with Gasteiger partial charge in [0, 0.05) is 0 Å². The van der Waals surface area contributed by atoms with Gasteiger partial charge in [0.2, 0.25) is 0 Å². The van der Waals surface area contributed by atoms with E-state index in [2.05, 4.69) is 78.9 Å². The van der Waals surface area contributed by atoms with E-state index in [-0.39, 0.29) is 5.41 Å². The molecule has 0 unspecified atom stereocenters. The molecule has 0 bridgehead atoms. The SMILES string of the molecule is COc1ccc(C2=C(c3ccc(OC)cc3)C3(CC2)CCC(c2ccccc2)CC3)cc1. The summed E-state index contributed by atoms with van der Waals surface area (Å²) in [4.78, 5) is 0. The Morgan fingerprint density at radius 3 is 1.78 bits per heavy atom. The monoisotopic (exact) mass is 424 g/mol. The van der Waals surface area contributed by atoms with E-state index < -0.39 is 0 Å². The van der Waals surface area contributed by atoms with Crippen molar-refractivity contribution in [3.05, 3.63) is 95.6 Å². The van der Waals surface area contributed by atoms with Crippen LogP contribution in [0.5, 0.6) is 11.5 Å². The summed E-state index contributed by atoms with van der Waals surface area (Å²) in [5.74, 6) is 2.51. The molecule has 3 aromatic rings. The van der Waals surface area contributed by atoms with Crippen molar-refractivity contribution in [2.24, 2.45) is 5.41 Å². The summed E-state index contributed by atoms with van der Waals surface area (Å²) in [7, 11) is 3.46. The van der Waals surface area contributed by atoms with Gasteiger partial charge in [-0.3, -0.25) is 0 Å². The highest BCUT2D eigenvalue weighted by Crippen LogP contribution is 2.60. The number of rotatable bonds is 5. The van der Waals surface area contributed by atoms with Gasteiger partial charge in [-0.1, -0.05) is 54.6 Å². The highest BCUT2D eigenvalue weighted by atomic mass is 16.5. The molecule has 5 rings (SSSR count). The van der Waals surface area contributed by atoms with E-state index in [4.69, 9.17) is 9.47 Å². The molecule has 32 heavy (non-hydrogen) atoms. The molecule has 2 aliphatic rings. The maximum atomic E-state index is 5.44. The molecule has 0 radical (unpaired) electrons. The number of allylic oxidation sites excluding steroid dienone is 2. The lowest BCUT2D eigenvalue weighted by Crippen LogP contribution is -2.26. The standard InChI is InChI=1S/C30H32O2/c1-31-26-12-8-24(9-13-26)28-18-21-30(29(28)25-10-14-27(32-2)15-11-25)19-16-23(17-20-30)22-6-4-3-5-7-22/h3-15,23H,16-21H2,1-2H3. The first-order chi connectivity index (χ1) is 15.7. The van der Waals surface area contributed by atoms with E-state index in [9.17, 15) is 0 Å². The van der Waals surface area contributed by atoms with Gasteiger partial charge in [-0.25, -0.2) is 0 Å². The Morgan fingerprint density at radius 1 is 0.656 bits per heavy atom. The lowest BCUT2D eigenvalue weighted by Gasteiger charge is -2.40. The number of benzene rings is 3. The zero-order chi connectivity index (χ0) is 22.0. The van der Waals surface area contributed by atoms with Gasteiger partial charge < -0.3 is 9.47 Å². The number of hydrogen-bond acceptors (Lipinski definition) is 2. The molecule has 0 aliphatic heterocycles. The van der Waals surface area contributed by atoms with Crippen LogP contribution in [-0.2, 0) is 0 Å². The van der Waals surface area contributed by atoms with Crippen LogP contribution in [0.25, 0.3) is 11.1 Å². The minimum Gasteiger partial charge on any atom is -0.497 e. The first-order valence-corrected chi connectivity index (χ1v) is 11.8. The van der Waals surface area contributed by atoms with Crippen LogP contribution in [-0.4, -0.2) is 14.2 Å². The first-order valence-electron chi connectivity index (χ1n) is 11.8. The Kier molecular flexibility index (Phi) is 5.78. The van der Waals surface area contributed by atoms with Gasteiger partial charge >= 0.3 is 0 Å². The van der Waals surface area contributed by atoms with Gasteiger partial charge in [-0.05, 0) is 102 Å². The molecule has 2 nitrogen and oxygen atoms in total. The second-order valence-electron chi connectivity index (χ2n) is 9.28. The average molecular weight is 425 g/mol. The highest BCUT2D eigenvalue weighted by molar-refractivity contribution is 5.96. The molecule has 0 atom stereocenters. The largest absolute Gasteiger partial charge is 0.497 e. The zero-order valence-electron chi connectivity index (χ0n) is 19.1. The summed E-state index contributed by atoms with van der Waals surface area (Å²) in [5, 5.41) is 0. The van der Waals surface area contributed by atoms with E-state index in [1.807, 2.05) is 0 Å². The molecule has 0 heterocycles. The summed E-state index contributed by atoms with van der Waals surface area (Å²) < 4.78 is 10.8. The van der Waals surface area contributed by atoms with Crippen molar-refractivity contribution in [2.45, 2.75) is 44.4 Å². The predicted molar refractivity (Wildman–Crippen MR) is 132 cm³/mol. The fourth-order valence-corrected chi connectivity index (χ4v) is 5.98. The minimum absolute atomic E-state index is 0.273. The molecule has 0 N–H and O–H groups in total. The molecule has 2 aliphatic carbocycles. The quantitative estimate of drug-likeness (QED) is 0.417. The van der Waals surface area contributed by atoms with Crippen LogP contribution in [0.15, 0.2) is 78.9 Å². The van der Waals surface area contributed by atoms with Crippen LogP contribution in [0.3, 0.4) is 0 Å². The third-order valence-electron chi connectivity index (χ3n) is 7.72. The first kappa shape index (κ1) is 20.9. The van der Waals surface area contributed by atoms with Gasteiger partial charge in [0.15, 0.2) is 0 Å². The molecule has 0 saturated heterocycles. The van der Waals surface area contributed by atoms with Gasteiger partial charge in [0.1, 0.15) is 11.5 Å². The third-order valence-corrected chi connectivity index (χ3v) is 7.72. The second-order valence-corrected chi connectivity index (χ2v) is 9.28. The van der Waals surface area contributed by atoms with Crippen molar-refractivity contribution in [1.82, 2.24) is 0 Å². The summed E-state index contributed by atoms with van der Waals surface area (Å²) in [6, 6.07) is 28.5. The minimum atomic E-state index is 0.273. The topological polar surface area (TPSA) is 18.5 Å². The van der Waals surface area contributed by atoms with E-state index in [1.54, 1.807) is 19.8 Å². The van der Waals surface area contributed by atoms with E-state index in [0.29, 0.717) is 5.92 Å². The Bertz CT molecular complexity index is 1070. The molecule has 1 saturated carbocycles. The van der Waals surface area contributed by atoms with Crippen LogP contribution in [0.4, 0.5) is 0 Å². The summed E-state index contributed by atoms with van der Waals surface area (Å²) in [6.45, 7) is 0. The van der Waals surface area contributed by atoms with Gasteiger partial charge in [-0.2, -0.15) is 0 Å². The normalized spacial score (nSPS) is 22.9. The Balaban J connectivity index is 1.52. The van der Waals surface area contributed by atoms with E-state index >= 15 is 0 Å². The van der Waals surface area contributed by atoms with Crippen LogP contribution < -0.4 is 9.47 Å². The number of methoxy groups -OCH3 is 2. The van der Waals surface area contributed by atoms with Crippen LogP contribution in [0, 0.1) is 5.41 Å². The number of hydrogen-bond donors (Lipinski definition) is 0. The van der Waals surface area contributed by atoms with Crippen LogP contribution in [0.2, 0.25) is 0 Å². The Labute approximate surface area is 191 Å². The highest BCUT2D eigenvalue weighted by Gasteiger charge is 2.44. The summed E-state index contributed by atoms with van der Waals surface area (Å²) >= 11 is 0. The molecule has 2 heteroatoms. The predicted octanol–water partition coefficient (Wildman–Crippen LogP) is 7.75. The number of ether oxygens (including phenoxy) is 2. The van der Waals surface area contributed by atoms with Gasteiger partial charge in [-0.15, -0.1) is 0 Å². The van der Waals surface area contributed by atoms with Crippen molar-refractivity contribution in [3.63, 3.8) is 0 Å². The fourth-order valence-electron chi connectivity index (χ4n) is 5.98. The Hall–Kier alpha value is -3.00. The lowest BCUT2D eigenvalue weighted by molar-refractivity contribution is 0.244. The van der Waals surface area contributed by atoms with Gasteiger partial charge in [0.05, 0.1) is 14.2 Å². The maximum Gasteiger partial charge on any atom is 0.118 e. The third kappa shape index (κ3) is 3.83. The van der Waals surface area contributed by atoms with Crippen molar-refractivity contribution < 1.29 is 9.47 Å². The van der Waals surface area contributed by atoms with E-state index in [1.165, 1.54) is 54.4 Å². The maximum absolute atomic E-state index is 5.44. The Morgan fingerprint density at radius 2 is 1.22 bits per heavy atom. The molecule has 1 spiro atoms. The van der Waals surface area contributed by atoms with E-state index in [0.717, 1.165) is 17.9 Å². The van der Waals surface area contributed by atoms with Crippen molar-refractivity contribution in [1.29, 1.82) is 0 Å². The molecule has 0 amide bonds. The second kappa shape index (κ2) is 8.86. The lowest BCUT2D eigenvalue weighted by atomic mass is 9.64. The summed E-state index contributed by atoms with van der Waals surface area (Å²) in [5.41, 5.74) is 7.54. The zero-order valence-corrected chi connectivity index (χ0v) is 19.1. The smallest absolute Gasteiger partial charge is 0.118 e. The summed E-state index contributed by atoms with van der Waals surface area (Å²) in [6.07, 6.45) is 7.43. The molecule has 164 valence electrons. The average Bonchev–Trinajstić information content (AvgIpc) is 3.23. The van der Waals surface area contributed by atoms with Crippen molar-refractivity contribution in [3.8, 4) is 11.5 Å². The molecular formula is C30H32O2. The van der Waals surface area contributed by atoms with Crippen molar-refractivity contribution >= 4 is 11.1 Å².